The zero-order valence-corrected chi connectivity index (χ0v) is 9.34. The van der Waals surface area contributed by atoms with Crippen molar-refractivity contribution >= 4 is 12.4 Å². The summed E-state index contributed by atoms with van der Waals surface area (Å²) in [6.07, 6.45) is 7.23. The third-order valence-electron chi connectivity index (χ3n) is 1.86. The van der Waals surface area contributed by atoms with Crippen LogP contribution in [0.3, 0.4) is 0 Å². The average molecular weight is 192 g/mol. The van der Waals surface area contributed by atoms with Gasteiger partial charge >= 0.3 is 0 Å². The van der Waals surface area contributed by atoms with Gasteiger partial charge in [-0.25, -0.2) is 0 Å². The van der Waals surface area contributed by atoms with E-state index in [2.05, 4.69) is 32.2 Å². The lowest BCUT2D eigenvalue weighted by atomic mass is 10.2. The molecule has 0 fully saturated rings. The van der Waals surface area contributed by atoms with Crippen LogP contribution in [0.25, 0.3) is 0 Å². The Labute approximate surface area is 83.0 Å². The van der Waals surface area contributed by atoms with Crippen LogP contribution in [0.5, 0.6) is 0 Å². The Kier molecular flexibility index (Phi) is 13.0. The van der Waals surface area contributed by atoms with Gasteiger partial charge in [0, 0.05) is 12.2 Å². The molecule has 0 saturated carbocycles. The van der Waals surface area contributed by atoms with Crippen LogP contribution in [0, 0.1) is 0 Å². The van der Waals surface area contributed by atoms with E-state index >= 15 is 0 Å². The molecule has 0 atom stereocenters. The van der Waals surface area contributed by atoms with Gasteiger partial charge in [-0.05, 0) is 19.8 Å². The second-order valence-electron chi connectivity index (χ2n) is 2.80. The van der Waals surface area contributed by atoms with Crippen molar-refractivity contribution in [1.82, 2.24) is 5.32 Å². The third kappa shape index (κ3) is 7.93. The molecule has 0 aliphatic rings. The molecule has 74 valence electrons. The van der Waals surface area contributed by atoms with Crippen molar-refractivity contribution in [2.45, 2.75) is 46.5 Å². The van der Waals surface area contributed by atoms with Crippen LogP contribution >= 0.6 is 12.4 Å². The van der Waals surface area contributed by atoms with Crippen molar-refractivity contribution in [3.05, 3.63) is 11.8 Å². The van der Waals surface area contributed by atoms with Crippen molar-refractivity contribution in [1.29, 1.82) is 0 Å². The Morgan fingerprint density at radius 1 is 1.25 bits per heavy atom. The molecule has 0 aliphatic heterocycles. The normalized spacial score (nSPS) is 10.8. The van der Waals surface area contributed by atoms with Gasteiger partial charge in [-0.2, -0.15) is 0 Å². The van der Waals surface area contributed by atoms with Crippen molar-refractivity contribution in [2.24, 2.45) is 0 Å². The first-order valence-electron chi connectivity index (χ1n) is 4.74. The molecule has 0 heterocycles. The molecule has 0 amide bonds. The fraction of sp³-hybridized carbons (Fsp3) is 0.800. The zero-order chi connectivity index (χ0) is 8.53. The maximum absolute atomic E-state index is 3.42. The van der Waals surface area contributed by atoms with E-state index in [9.17, 15) is 0 Å². The maximum Gasteiger partial charge on any atom is 0.0143 e. The van der Waals surface area contributed by atoms with E-state index in [1.807, 2.05) is 0 Å². The highest BCUT2D eigenvalue weighted by molar-refractivity contribution is 5.85. The lowest BCUT2D eigenvalue weighted by Gasteiger charge is -2.07. The van der Waals surface area contributed by atoms with E-state index in [1.165, 1.54) is 25.0 Å². The van der Waals surface area contributed by atoms with Crippen LogP contribution in [0.15, 0.2) is 11.8 Å². The summed E-state index contributed by atoms with van der Waals surface area (Å²) in [7, 11) is 0. The summed E-state index contributed by atoms with van der Waals surface area (Å²) in [4.78, 5) is 0. The summed E-state index contributed by atoms with van der Waals surface area (Å²) in [6, 6.07) is 0. The van der Waals surface area contributed by atoms with E-state index in [-0.39, 0.29) is 12.4 Å². The number of hydrogen-bond acceptors (Lipinski definition) is 1. The van der Waals surface area contributed by atoms with E-state index in [4.69, 9.17) is 0 Å². The summed E-state index contributed by atoms with van der Waals surface area (Å²) < 4.78 is 0. The van der Waals surface area contributed by atoms with Crippen LogP contribution in [0.4, 0.5) is 0 Å². The van der Waals surface area contributed by atoms with E-state index < -0.39 is 0 Å². The van der Waals surface area contributed by atoms with Gasteiger partial charge in [-0.15, -0.1) is 12.4 Å². The number of unbranched alkanes of at least 4 members (excludes halogenated alkanes) is 2. The van der Waals surface area contributed by atoms with Gasteiger partial charge in [0.15, 0.2) is 0 Å². The minimum absolute atomic E-state index is 0. The molecule has 0 unspecified atom stereocenters. The van der Waals surface area contributed by atoms with Crippen molar-refractivity contribution in [3.63, 3.8) is 0 Å². The lowest BCUT2D eigenvalue weighted by molar-refractivity contribution is 0.656. The van der Waals surface area contributed by atoms with E-state index in [1.54, 1.807) is 0 Å². The van der Waals surface area contributed by atoms with Crippen molar-refractivity contribution < 1.29 is 0 Å². The van der Waals surface area contributed by atoms with Gasteiger partial charge in [-0.3, -0.25) is 0 Å². The summed E-state index contributed by atoms with van der Waals surface area (Å²) in [5.41, 5.74) is 1.38. The monoisotopic (exact) mass is 191 g/mol. The molecule has 2 heteroatoms. The van der Waals surface area contributed by atoms with Gasteiger partial charge in [0.1, 0.15) is 0 Å². The second kappa shape index (κ2) is 10.8. The van der Waals surface area contributed by atoms with Crippen LogP contribution in [-0.4, -0.2) is 6.54 Å². The molecule has 0 radical (unpaired) electrons. The molecule has 0 spiro atoms. The fourth-order valence-electron chi connectivity index (χ4n) is 1.06. The smallest absolute Gasteiger partial charge is 0.0143 e. The highest BCUT2D eigenvalue weighted by atomic mass is 35.5. The first-order chi connectivity index (χ1) is 5.35. The largest absolute Gasteiger partial charge is 0.389 e. The Morgan fingerprint density at radius 3 is 2.33 bits per heavy atom. The highest BCUT2D eigenvalue weighted by Gasteiger charge is 1.89. The molecule has 12 heavy (non-hydrogen) atoms. The molecule has 0 aromatic heterocycles. The predicted octanol–water partition coefficient (Wildman–Crippen LogP) is 3.50. The van der Waals surface area contributed by atoms with Crippen molar-refractivity contribution in [2.75, 3.05) is 6.54 Å². The molecule has 0 aliphatic carbocycles. The minimum atomic E-state index is 0. The number of rotatable bonds is 6. The first-order valence-corrected chi connectivity index (χ1v) is 4.74. The summed E-state index contributed by atoms with van der Waals surface area (Å²) in [5.74, 6) is 0. The van der Waals surface area contributed by atoms with Gasteiger partial charge in [0.25, 0.3) is 0 Å². The summed E-state index contributed by atoms with van der Waals surface area (Å²) >= 11 is 0. The first kappa shape index (κ1) is 14.4. The number of halogens is 1. The van der Waals surface area contributed by atoms with Crippen molar-refractivity contribution in [3.8, 4) is 0 Å². The number of allylic oxidation sites excluding steroid dienone is 2. The average Bonchev–Trinajstić information content (AvgIpc) is 2.05. The van der Waals surface area contributed by atoms with Crippen LogP contribution in [-0.2, 0) is 0 Å². The Hall–Kier alpha value is -0.170. The van der Waals surface area contributed by atoms with Crippen LogP contribution < -0.4 is 5.32 Å². The lowest BCUT2D eigenvalue weighted by Crippen LogP contribution is -2.13. The Bertz CT molecular complexity index is 110. The van der Waals surface area contributed by atoms with Crippen LogP contribution in [0.2, 0.25) is 0 Å². The third-order valence-corrected chi connectivity index (χ3v) is 1.86. The predicted molar refractivity (Wildman–Crippen MR) is 58.8 cm³/mol. The molecule has 0 bridgehead atoms. The van der Waals surface area contributed by atoms with Gasteiger partial charge in [0.05, 0.1) is 0 Å². The molecule has 1 N–H and O–H groups in total. The molecular weight excluding hydrogens is 170 g/mol. The molecular formula is C10H22ClN. The fourth-order valence-corrected chi connectivity index (χ4v) is 1.06. The van der Waals surface area contributed by atoms with Crippen LogP contribution in [0.1, 0.15) is 46.5 Å². The minimum Gasteiger partial charge on any atom is -0.389 e. The molecule has 0 aromatic rings. The highest BCUT2D eigenvalue weighted by Crippen LogP contribution is 1.97. The zero-order valence-electron chi connectivity index (χ0n) is 8.52. The molecule has 1 nitrogen and oxygen atoms in total. The molecule has 0 aromatic carbocycles. The number of nitrogens with one attached hydrogen (secondary N) is 1. The Morgan fingerprint density at radius 2 is 1.92 bits per heavy atom. The second-order valence-corrected chi connectivity index (χ2v) is 2.80. The SMILES string of the molecule is C/C=C(/CC)NCCCCC.Cl. The van der Waals surface area contributed by atoms with Gasteiger partial charge in [0.2, 0.25) is 0 Å². The Balaban J connectivity index is 0. The van der Waals surface area contributed by atoms with E-state index in [0.717, 1.165) is 13.0 Å². The molecule has 0 rings (SSSR count). The summed E-state index contributed by atoms with van der Waals surface area (Å²) in [6.45, 7) is 7.64. The van der Waals surface area contributed by atoms with E-state index in [0.29, 0.717) is 0 Å². The molecule has 0 saturated heterocycles. The summed E-state index contributed by atoms with van der Waals surface area (Å²) in [5, 5.41) is 3.42. The quantitative estimate of drug-likeness (QED) is 0.634. The standard InChI is InChI=1S/C10H21N.ClH/c1-4-7-8-9-11-10(5-2)6-3;/h5,11H,4,6-9H2,1-3H3;1H/b10-5-;. The topological polar surface area (TPSA) is 12.0 Å². The van der Waals surface area contributed by atoms with Gasteiger partial charge < -0.3 is 5.32 Å². The maximum atomic E-state index is 3.42. The van der Waals surface area contributed by atoms with Gasteiger partial charge in [-0.1, -0.05) is 32.8 Å². The number of hydrogen-bond donors (Lipinski definition) is 1.